The summed E-state index contributed by atoms with van der Waals surface area (Å²) in [7, 11) is 0. The van der Waals surface area contributed by atoms with Crippen LogP contribution in [-0.4, -0.2) is 45.5 Å². The minimum absolute atomic E-state index is 0.0430. The average Bonchev–Trinajstić information content (AvgIpc) is 3.02. The summed E-state index contributed by atoms with van der Waals surface area (Å²) in [6.07, 6.45) is -3.35. The maximum Gasteiger partial charge on any atom is 0.433 e. The van der Waals surface area contributed by atoms with E-state index in [9.17, 15) is 22.8 Å². The molecule has 9 heteroatoms. The predicted molar refractivity (Wildman–Crippen MR) is 105 cm³/mol. The standard InChI is InChI=1S/C22H22F3N3O3/c1-15-17(7-8-18(26-15)22(23,24)25)20(30)27-11-9-21(10-12-27)13-19(29)28(31-21)14-16-5-3-2-4-6-16/h2-8H,9-14H2,1H3. The van der Waals surface area contributed by atoms with Gasteiger partial charge in [0.1, 0.15) is 11.3 Å². The summed E-state index contributed by atoms with van der Waals surface area (Å²) < 4.78 is 38.5. The lowest BCUT2D eigenvalue weighted by Gasteiger charge is -2.38. The Morgan fingerprint density at radius 3 is 2.42 bits per heavy atom. The van der Waals surface area contributed by atoms with Crippen molar-refractivity contribution in [1.82, 2.24) is 14.9 Å². The van der Waals surface area contributed by atoms with Crippen LogP contribution in [-0.2, 0) is 22.4 Å². The third kappa shape index (κ3) is 4.41. The van der Waals surface area contributed by atoms with Crippen LogP contribution in [0.4, 0.5) is 13.2 Å². The number of aryl methyl sites for hydroxylation is 1. The molecule has 4 rings (SSSR count). The second-order valence-electron chi connectivity index (χ2n) is 7.99. The van der Waals surface area contributed by atoms with Gasteiger partial charge in [0.15, 0.2) is 0 Å². The Hall–Kier alpha value is -2.94. The van der Waals surface area contributed by atoms with Gasteiger partial charge in [-0.15, -0.1) is 0 Å². The van der Waals surface area contributed by atoms with Gasteiger partial charge < -0.3 is 4.90 Å². The Bertz CT molecular complexity index is 986. The number of piperidine rings is 1. The van der Waals surface area contributed by atoms with Crippen molar-refractivity contribution in [2.45, 2.75) is 44.5 Å². The number of benzene rings is 1. The highest BCUT2D eigenvalue weighted by atomic mass is 19.4. The maximum atomic E-state index is 12.8. The van der Waals surface area contributed by atoms with E-state index in [2.05, 4.69) is 4.98 Å². The van der Waals surface area contributed by atoms with E-state index >= 15 is 0 Å². The van der Waals surface area contributed by atoms with E-state index in [1.165, 1.54) is 18.1 Å². The summed E-state index contributed by atoms with van der Waals surface area (Å²) in [5, 5.41) is 1.39. The van der Waals surface area contributed by atoms with Gasteiger partial charge in [-0.3, -0.25) is 14.4 Å². The largest absolute Gasteiger partial charge is 0.433 e. The summed E-state index contributed by atoms with van der Waals surface area (Å²) >= 11 is 0. The molecular formula is C22H22F3N3O3. The van der Waals surface area contributed by atoms with Crippen molar-refractivity contribution in [2.75, 3.05) is 13.1 Å². The highest BCUT2D eigenvalue weighted by Crippen LogP contribution is 2.37. The summed E-state index contributed by atoms with van der Waals surface area (Å²) in [6, 6.07) is 11.5. The lowest BCUT2D eigenvalue weighted by Crippen LogP contribution is -2.47. The third-order valence-electron chi connectivity index (χ3n) is 5.79. The molecule has 3 heterocycles. The van der Waals surface area contributed by atoms with Gasteiger partial charge in [0.05, 0.1) is 24.2 Å². The molecule has 1 aromatic carbocycles. The van der Waals surface area contributed by atoms with Gasteiger partial charge in [-0.2, -0.15) is 13.2 Å². The van der Waals surface area contributed by atoms with E-state index < -0.39 is 17.5 Å². The number of nitrogens with zero attached hydrogens (tertiary/aromatic N) is 3. The Balaban J connectivity index is 1.39. The number of hydrogen-bond acceptors (Lipinski definition) is 4. The average molecular weight is 433 g/mol. The SMILES string of the molecule is Cc1nc(C(F)(F)F)ccc1C(=O)N1CCC2(CC1)CC(=O)N(Cc1ccccc1)O2. The molecule has 0 N–H and O–H groups in total. The normalized spacial score (nSPS) is 18.6. The Morgan fingerprint density at radius 1 is 1.13 bits per heavy atom. The Morgan fingerprint density at radius 2 is 1.81 bits per heavy atom. The van der Waals surface area contributed by atoms with Crippen LogP contribution in [0.1, 0.15) is 46.6 Å². The number of alkyl halides is 3. The van der Waals surface area contributed by atoms with Crippen molar-refractivity contribution in [3.8, 4) is 0 Å². The van der Waals surface area contributed by atoms with E-state index in [0.717, 1.165) is 11.6 Å². The van der Waals surface area contributed by atoms with Crippen molar-refractivity contribution < 1.29 is 27.6 Å². The zero-order valence-corrected chi connectivity index (χ0v) is 17.0. The van der Waals surface area contributed by atoms with Crippen molar-refractivity contribution in [3.05, 3.63) is 65.0 Å². The minimum atomic E-state index is -4.55. The lowest BCUT2D eigenvalue weighted by molar-refractivity contribution is -0.213. The lowest BCUT2D eigenvalue weighted by atomic mass is 9.88. The quantitative estimate of drug-likeness (QED) is 0.740. The molecule has 0 unspecified atom stereocenters. The molecule has 0 radical (unpaired) electrons. The summed E-state index contributed by atoms with van der Waals surface area (Å²) in [4.78, 5) is 36.5. The van der Waals surface area contributed by atoms with Crippen molar-refractivity contribution >= 4 is 11.8 Å². The molecule has 0 atom stereocenters. The minimum Gasteiger partial charge on any atom is -0.338 e. The molecule has 2 saturated heterocycles. The van der Waals surface area contributed by atoms with Crippen LogP contribution in [0.15, 0.2) is 42.5 Å². The number of amides is 2. The summed E-state index contributed by atoms with van der Waals surface area (Å²) in [6.45, 7) is 2.46. The second kappa shape index (κ2) is 7.96. The first-order valence-electron chi connectivity index (χ1n) is 10.0. The fourth-order valence-corrected chi connectivity index (χ4v) is 4.05. The van der Waals surface area contributed by atoms with Crippen molar-refractivity contribution in [2.24, 2.45) is 0 Å². The zero-order valence-electron chi connectivity index (χ0n) is 17.0. The van der Waals surface area contributed by atoms with Gasteiger partial charge in [-0.05, 0) is 37.5 Å². The number of carbonyl (C=O) groups is 2. The number of likely N-dealkylation sites (tertiary alicyclic amines) is 1. The molecule has 0 aliphatic carbocycles. The second-order valence-corrected chi connectivity index (χ2v) is 7.99. The van der Waals surface area contributed by atoms with E-state index in [4.69, 9.17) is 4.84 Å². The molecule has 1 spiro atoms. The van der Waals surface area contributed by atoms with E-state index in [1.54, 1.807) is 4.90 Å². The molecule has 2 aliphatic rings. The number of hydroxylamine groups is 2. The van der Waals surface area contributed by atoms with Crippen LogP contribution >= 0.6 is 0 Å². The number of pyridine rings is 1. The van der Waals surface area contributed by atoms with E-state index in [0.29, 0.717) is 32.5 Å². The van der Waals surface area contributed by atoms with Crippen LogP contribution < -0.4 is 0 Å². The highest BCUT2D eigenvalue weighted by molar-refractivity contribution is 5.95. The zero-order chi connectivity index (χ0) is 22.2. The van der Waals surface area contributed by atoms with Gasteiger partial charge in [0, 0.05) is 13.1 Å². The van der Waals surface area contributed by atoms with Crippen LogP contribution in [0.25, 0.3) is 0 Å². The molecule has 31 heavy (non-hydrogen) atoms. The monoisotopic (exact) mass is 433 g/mol. The smallest absolute Gasteiger partial charge is 0.338 e. The molecule has 6 nitrogen and oxygen atoms in total. The topological polar surface area (TPSA) is 62.7 Å². The van der Waals surface area contributed by atoms with Gasteiger partial charge in [0.25, 0.3) is 5.91 Å². The molecule has 2 aliphatic heterocycles. The predicted octanol–water partition coefficient (Wildman–Crippen LogP) is 3.75. The van der Waals surface area contributed by atoms with E-state index in [-0.39, 0.29) is 29.5 Å². The number of carbonyl (C=O) groups excluding carboxylic acids is 2. The van der Waals surface area contributed by atoms with Gasteiger partial charge in [-0.25, -0.2) is 10.0 Å². The number of aromatic nitrogens is 1. The van der Waals surface area contributed by atoms with Crippen LogP contribution in [0.5, 0.6) is 0 Å². The first-order chi connectivity index (χ1) is 14.7. The number of hydrogen-bond donors (Lipinski definition) is 0. The van der Waals surface area contributed by atoms with E-state index in [1.807, 2.05) is 30.3 Å². The first-order valence-corrected chi connectivity index (χ1v) is 10.0. The molecule has 2 amide bonds. The van der Waals surface area contributed by atoms with Crippen LogP contribution in [0.2, 0.25) is 0 Å². The fourth-order valence-electron chi connectivity index (χ4n) is 4.05. The van der Waals surface area contributed by atoms with Crippen molar-refractivity contribution in [3.63, 3.8) is 0 Å². The Labute approximate surface area is 177 Å². The van der Waals surface area contributed by atoms with Gasteiger partial charge >= 0.3 is 6.18 Å². The summed E-state index contributed by atoms with van der Waals surface area (Å²) in [5.74, 6) is -0.453. The molecule has 2 fully saturated rings. The molecule has 2 aromatic rings. The fraction of sp³-hybridized carbons (Fsp3) is 0.409. The van der Waals surface area contributed by atoms with Gasteiger partial charge in [-0.1, -0.05) is 30.3 Å². The van der Waals surface area contributed by atoms with Gasteiger partial charge in [0.2, 0.25) is 5.91 Å². The molecule has 0 bridgehead atoms. The van der Waals surface area contributed by atoms with Crippen LogP contribution in [0.3, 0.4) is 0 Å². The highest BCUT2D eigenvalue weighted by Gasteiger charge is 2.47. The van der Waals surface area contributed by atoms with Crippen LogP contribution in [0, 0.1) is 6.92 Å². The molecule has 1 aromatic heterocycles. The first kappa shape index (κ1) is 21.3. The molecule has 164 valence electrons. The summed E-state index contributed by atoms with van der Waals surface area (Å²) in [5.41, 5.74) is -0.503. The number of halogens is 3. The maximum absolute atomic E-state index is 12.8. The Kier molecular flexibility index (Phi) is 5.47. The molecule has 0 saturated carbocycles. The van der Waals surface area contributed by atoms with Crippen molar-refractivity contribution in [1.29, 1.82) is 0 Å². The molecular weight excluding hydrogens is 411 g/mol. The number of rotatable bonds is 3. The third-order valence-corrected chi connectivity index (χ3v) is 5.79.